The summed E-state index contributed by atoms with van der Waals surface area (Å²) in [7, 11) is 0. The quantitative estimate of drug-likeness (QED) is 0.226. The van der Waals surface area contributed by atoms with Crippen LogP contribution in [0.25, 0.3) is 11.1 Å². The van der Waals surface area contributed by atoms with E-state index in [2.05, 4.69) is 29.4 Å². The molecular weight excluding hydrogens is 381 g/mol. The lowest BCUT2D eigenvalue weighted by atomic mass is 10.1. The summed E-state index contributed by atoms with van der Waals surface area (Å²) in [6, 6.07) is 20.1. The van der Waals surface area contributed by atoms with Gasteiger partial charge in [-0.15, -0.1) is 23.1 Å². The maximum atomic E-state index is 9.36. The third-order valence-corrected chi connectivity index (χ3v) is 6.00. The third-order valence-electron chi connectivity index (χ3n) is 3.42. The van der Waals surface area contributed by atoms with Crippen molar-refractivity contribution in [3.63, 3.8) is 0 Å². The molecule has 0 amide bonds. The van der Waals surface area contributed by atoms with Gasteiger partial charge in [0.1, 0.15) is 4.34 Å². The van der Waals surface area contributed by atoms with Gasteiger partial charge in [0.25, 0.3) is 0 Å². The van der Waals surface area contributed by atoms with Crippen LogP contribution in [0.15, 0.2) is 70.7 Å². The van der Waals surface area contributed by atoms with Crippen LogP contribution in [-0.2, 0) is 0 Å². The maximum Gasteiger partial charge on any atom is 0.104 e. The second-order valence-electron chi connectivity index (χ2n) is 4.94. The number of nitrogens with zero attached hydrogens (tertiary/aromatic N) is 1. The molecule has 0 aliphatic carbocycles. The Morgan fingerprint density at radius 2 is 1.75 bits per heavy atom. The van der Waals surface area contributed by atoms with Gasteiger partial charge in [-0.3, -0.25) is 0 Å². The van der Waals surface area contributed by atoms with Crippen LogP contribution in [0.2, 0.25) is 8.67 Å². The normalized spacial score (nSPS) is 11.7. The van der Waals surface area contributed by atoms with Crippen molar-refractivity contribution in [2.75, 3.05) is 5.75 Å². The molecule has 0 aliphatic heterocycles. The number of oxime groups is 1. The maximum absolute atomic E-state index is 9.36. The lowest BCUT2D eigenvalue weighted by Crippen LogP contribution is -2.04. The van der Waals surface area contributed by atoms with E-state index in [1.807, 2.05) is 30.3 Å². The second-order valence-corrected chi connectivity index (χ2v) is 8.24. The molecule has 1 N–H and O–H groups in total. The van der Waals surface area contributed by atoms with Gasteiger partial charge in [0, 0.05) is 16.2 Å². The van der Waals surface area contributed by atoms with E-state index in [0.29, 0.717) is 25.7 Å². The molecule has 0 saturated carbocycles. The molecule has 24 heavy (non-hydrogen) atoms. The molecule has 0 fully saturated rings. The monoisotopic (exact) mass is 393 g/mol. The molecule has 6 heteroatoms. The average molecular weight is 394 g/mol. The second kappa shape index (κ2) is 8.08. The largest absolute Gasteiger partial charge is 0.411 e. The van der Waals surface area contributed by atoms with E-state index < -0.39 is 0 Å². The van der Waals surface area contributed by atoms with Crippen LogP contribution in [0.3, 0.4) is 0 Å². The van der Waals surface area contributed by atoms with Gasteiger partial charge in [0.2, 0.25) is 0 Å². The molecule has 1 aromatic heterocycles. The predicted octanol–water partition coefficient (Wildman–Crippen LogP) is 6.69. The molecular formula is C18H13Cl2NOS2. The minimum atomic E-state index is 0.493. The molecule has 2 nitrogen and oxygen atoms in total. The summed E-state index contributed by atoms with van der Waals surface area (Å²) in [5, 5.41) is 12.8. The van der Waals surface area contributed by atoms with E-state index in [1.165, 1.54) is 11.3 Å². The predicted molar refractivity (Wildman–Crippen MR) is 105 cm³/mol. The van der Waals surface area contributed by atoms with Gasteiger partial charge in [-0.25, -0.2) is 0 Å². The Balaban J connectivity index is 1.83. The molecule has 0 spiro atoms. The van der Waals surface area contributed by atoms with E-state index in [4.69, 9.17) is 23.2 Å². The summed E-state index contributed by atoms with van der Waals surface area (Å²) in [6.45, 7) is 0. The molecule has 3 rings (SSSR count). The highest BCUT2D eigenvalue weighted by molar-refractivity contribution is 8.00. The molecule has 0 unspecified atom stereocenters. The number of rotatable bonds is 5. The Hall–Kier alpha value is -1.46. The Morgan fingerprint density at radius 1 is 1.04 bits per heavy atom. The SMILES string of the molecule is O/N=C(/CSc1ccccc1-c1ccccc1)c1cc(Cl)sc1Cl. The van der Waals surface area contributed by atoms with Crippen LogP contribution >= 0.6 is 46.3 Å². The molecule has 0 radical (unpaired) electrons. The zero-order chi connectivity index (χ0) is 16.9. The van der Waals surface area contributed by atoms with Crippen LogP contribution < -0.4 is 0 Å². The van der Waals surface area contributed by atoms with E-state index in [9.17, 15) is 5.21 Å². The summed E-state index contributed by atoms with van der Waals surface area (Å²) >= 11 is 15.0. The van der Waals surface area contributed by atoms with Crippen molar-refractivity contribution < 1.29 is 5.21 Å². The van der Waals surface area contributed by atoms with Crippen molar-refractivity contribution in [1.29, 1.82) is 0 Å². The van der Waals surface area contributed by atoms with Crippen LogP contribution in [0.4, 0.5) is 0 Å². The highest BCUT2D eigenvalue weighted by atomic mass is 35.5. The molecule has 3 aromatic rings. The van der Waals surface area contributed by atoms with Crippen LogP contribution in [0.1, 0.15) is 5.56 Å². The Kier molecular flexibility index (Phi) is 5.85. The number of benzene rings is 2. The fourth-order valence-electron chi connectivity index (χ4n) is 2.29. The Morgan fingerprint density at radius 3 is 2.42 bits per heavy atom. The lowest BCUT2D eigenvalue weighted by molar-refractivity contribution is 0.319. The van der Waals surface area contributed by atoms with Crippen molar-refractivity contribution in [2.24, 2.45) is 5.16 Å². The first-order valence-electron chi connectivity index (χ1n) is 7.12. The number of thiophene rings is 1. The van der Waals surface area contributed by atoms with Gasteiger partial charge in [0.15, 0.2) is 0 Å². The first-order chi connectivity index (χ1) is 11.7. The van der Waals surface area contributed by atoms with Gasteiger partial charge in [0.05, 0.1) is 10.0 Å². The van der Waals surface area contributed by atoms with Gasteiger partial charge < -0.3 is 5.21 Å². The molecule has 1 heterocycles. The number of thioether (sulfide) groups is 1. The summed E-state index contributed by atoms with van der Waals surface area (Å²) in [4.78, 5) is 1.11. The van der Waals surface area contributed by atoms with Gasteiger partial charge in [-0.2, -0.15) is 0 Å². The number of halogens is 2. The lowest BCUT2D eigenvalue weighted by Gasteiger charge is -2.10. The van der Waals surface area contributed by atoms with E-state index in [0.717, 1.165) is 16.0 Å². The smallest absolute Gasteiger partial charge is 0.104 e. The fourth-order valence-corrected chi connectivity index (χ4v) is 4.82. The first-order valence-corrected chi connectivity index (χ1v) is 9.68. The van der Waals surface area contributed by atoms with Gasteiger partial charge in [-0.1, -0.05) is 76.9 Å². The van der Waals surface area contributed by atoms with E-state index in [1.54, 1.807) is 17.8 Å². The highest BCUT2D eigenvalue weighted by Crippen LogP contribution is 2.35. The van der Waals surface area contributed by atoms with Crippen molar-refractivity contribution in [3.8, 4) is 11.1 Å². The van der Waals surface area contributed by atoms with Gasteiger partial charge >= 0.3 is 0 Å². The van der Waals surface area contributed by atoms with Crippen molar-refractivity contribution in [3.05, 3.63) is 74.9 Å². The van der Waals surface area contributed by atoms with E-state index in [-0.39, 0.29) is 0 Å². The van der Waals surface area contributed by atoms with Crippen molar-refractivity contribution in [2.45, 2.75) is 4.90 Å². The first kappa shape index (κ1) is 17.4. The topological polar surface area (TPSA) is 32.6 Å². The Bertz CT molecular complexity index is 862. The number of hydrogen-bond donors (Lipinski definition) is 1. The molecule has 0 atom stereocenters. The minimum Gasteiger partial charge on any atom is -0.411 e. The zero-order valence-corrected chi connectivity index (χ0v) is 15.6. The average Bonchev–Trinajstić information content (AvgIpc) is 2.95. The highest BCUT2D eigenvalue weighted by Gasteiger charge is 2.14. The zero-order valence-electron chi connectivity index (χ0n) is 12.4. The van der Waals surface area contributed by atoms with Crippen molar-refractivity contribution >= 4 is 52.0 Å². The standard InChI is InChI=1S/C18H13Cl2NOS2/c19-17-10-14(18(20)24-17)15(21-22)11-23-16-9-5-4-8-13(16)12-6-2-1-3-7-12/h1-10,22H,11H2/b21-15-. The summed E-state index contributed by atoms with van der Waals surface area (Å²) in [6.07, 6.45) is 0. The summed E-state index contributed by atoms with van der Waals surface area (Å²) in [5.41, 5.74) is 3.49. The fraction of sp³-hybridized carbons (Fsp3) is 0.0556. The van der Waals surface area contributed by atoms with Crippen LogP contribution in [0.5, 0.6) is 0 Å². The van der Waals surface area contributed by atoms with Gasteiger partial charge in [-0.05, 0) is 23.3 Å². The van der Waals surface area contributed by atoms with Crippen LogP contribution in [-0.4, -0.2) is 16.7 Å². The number of hydrogen-bond acceptors (Lipinski definition) is 4. The summed E-state index contributed by atoms with van der Waals surface area (Å²) in [5.74, 6) is 0.493. The molecule has 0 bridgehead atoms. The molecule has 0 saturated heterocycles. The third kappa shape index (κ3) is 3.95. The van der Waals surface area contributed by atoms with E-state index >= 15 is 0 Å². The minimum absolute atomic E-state index is 0.493. The van der Waals surface area contributed by atoms with Crippen LogP contribution in [0, 0.1) is 0 Å². The Labute approximate surface area is 158 Å². The molecule has 0 aliphatic rings. The van der Waals surface area contributed by atoms with Crippen molar-refractivity contribution in [1.82, 2.24) is 0 Å². The summed E-state index contributed by atoms with van der Waals surface area (Å²) < 4.78 is 1.11. The molecule has 122 valence electrons. The molecule has 2 aromatic carbocycles.